The topological polar surface area (TPSA) is 55.4 Å². The Bertz CT molecular complexity index is 222. The number of aldehydes is 1. The fourth-order valence-corrected chi connectivity index (χ4v) is 1.05. The molecule has 1 amide bonds. The number of amides is 1. The molecule has 0 aliphatic carbocycles. The van der Waals surface area contributed by atoms with Crippen LogP contribution in [0.25, 0.3) is 0 Å². The van der Waals surface area contributed by atoms with Crippen LogP contribution in [0, 0.1) is 0 Å². The van der Waals surface area contributed by atoms with Gasteiger partial charge in [-0.15, -0.1) is 0 Å². The monoisotopic (exact) mass is 169 g/mol. The van der Waals surface area contributed by atoms with Crippen LogP contribution in [0.2, 0.25) is 0 Å². The molecule has 1 unspecified atom stereocenters. The molecule has 0 spiro atoms. The number of hydrogen-bond acceptors (Lipinski definition) is 3. The first kappa shape index (κ1) is 8.77. The summed E-state index contributed by atoms with van der Waals surface area (Å²) in [4.78, 5) is 20.8. The highest BCUT2D eigenvalue weighted by molar-refractivity contribution is 5.73. The summed E-state index contributed by atoms with van der Waals surface area (Å²) >= 11 is 0. The van der Waals surface area contributed by atoms with Gasteiger partial charge in [0.05, 0.1) is 6.04 Å². The third-order valence-corrected chi connectivity index (χ3v) is 1.58. The van der Waals surface area contributed by atoms with Gasteiger partial charge in [0.2, 0.25) is 5.91 Å². The third kappa shape index (κ3) is 2.38. The Morgan fingerprint density at radius 1 is 1.83 bits per heavy atom. The van der Waals surface area contributed by atoms with E-state index in [4.69, 9.17) is 4.74 Å². The van der Waals surface area contributed by atoms with Gasteiger partial charge in [0.25, 0.3) is 0 Å². The SMILES string of the molecule is CC(=O)NC1CC=C(C=O)OC1. The zero-order chi connectivity index (χ0) is 8.97. The largest absolute Gasteiger partial charge is 0.488 e. The molecule has 0 radical (unpaired) electrons. The molecule has 0 aromatic rings. The molecule has 1 aliphatic heterocycles. The Morgan fingerprint density at radius 2 is 2.58 bits per heavy atom. The second kappa shape index (κ2) is 3.90. The number of nitrogens with one attached hydrogen (secondary N) is 1. The lowest BCUT2D eigenvalue weighted by Gasteiger charge is -2.20. The predicted octanol–water partition coefficient (Wildman–Crippen LogP) is -0.00580. The van der Waals surface area contributed by atoms with E-state index < -0.39 is 0 Å². The Hall–Kier alpha value is -1.32. The normalized spacial score (nSPS) is 22.1. The van der Waals surface area contributed by atoms with Crippen LogP contribution in [0.5, 0.6) is 0 Å². The molecule has 0 aromatic carbocycles. The van der Waals surface area contributed by atoms with Gasteiger partial charge in [-0.25, -0.2) is 0 Å². The van der Waals surface area contributed by atoms with Crippen molar-refractivity contribution in [3.8, 4) is 0 Å². The minimum Gasteiger partial charge on any atom is -0.488 e. The van der Waals surface area contributed by atoms with Gasteiger partial charge >= 0.3 is 0 Å². The van der Waals surface area contributed by atoms with Crippen LogP contribution in [0.4, 0.5) is 0 Å². The van der Waals surface area contributed by atoms with Crippen LogP contribution < -0.4 is 5.32 Å². The van der Waals surface area contributed by atoms with Crippen molar-refractivity contribution in [2.75, 3.05) is 6.61 Å². The molecule has 0 aromatic heterocycles. The smallest absolute Gasteiger partial charge is 0.217 e. The van der Waals surface area contributed by atoms with Gasteiger partial charge in [-0.2, -0.15) is 0 Å². The van der Waals surface area contributed by atoms with Crippen molar-refractivity contribution >= 4 is 12.2 Å². The number of ether oxygens (including phenoxy) is 1. The number of hydrogen-bond donors (Lipinski definition) is 1. The second-order valence-electron chi connectivity index (χ2n) is 2.67. The van der Waals surface area contributed by atoms with Crippen molar-refractivity contribution in [3.63, 3.8) is 0 Å². The van der Waals surface area contributed by atoms with E-state index in [1.807, 2.05) is 0 Å². The molecule has 1 aliphatic rings. The average Bonchev–Trinajstić information content (AvgIpc) is 2.05. The van der Waals surface area contributed by atoms with E-state index in [1.54, 1.807) is 6.08 Å². The molecule has 12 heavy (non-hydrogen) atoms. The zero-order valence-corrected chi connectivity index (χ0v) is 6.87. The van der Waals surface area contributed by atoms with E-state index in [1.165, 1.54) is 6.92 Å². The van der Waals surface area contributed by atoms with Gasteiger partial charge in [-0.1, -0.05) is 0 Å². The maximum absolute atomic E-state index is 10.6. The highest BCUT2D eigenvalue weighted by Gasteiger charge is 2.14. The summed E-state index contributed by atoms with van der Waals surface area (Å²) in [5.74, 6) is 0.281. The standard InChI is InChI=1S/C8H11NO3/c1-6(11)9-7-2-3-8(4-10)12-5-7/h3-4,7H,2,5H2,1H3,(H,9,11). The maximum atomic E-state index is 10.6. The molecular formula is C8H11NO3. The molecule has 4 heteroatoms. The van der Waals surface area contributed by atoms with Crippen LogP contribution in [0.3, 0.4) is 0 Å². The van der Waals surface area contributed by atoms with Gasteiger partial charge in [0.15, 0.2) is 12.0 Å². The molecule has 1 atom stereocenters. The Kier molecular flexibility index (Phi) is 2.85. The summed E-state index contributed by atoms with van der Waals surface area (Å²) in [6, 6.07) is 0.00574. The van der Waals surface area contributed by atoms with Crippen LogP contribution in [0.15, 0.2) is 11.8 Å². The number of allylic oxidation sites excluding steroid dienone is 1. The van der Waals surface area contributed by atoms with Gasteiger partial charge < -0.3 is 10.1 Å². The van der Waals surface area contributed by atoms with Crippen LogP contribution >= 0.6 is 0 Å². The molecule has 66 valence electrons. The fraction of sp³-hybridized carbons (Fsp3) is 0.500. The van der Waals surface area contributed by atoms with Crippen molar-refractivity contribution in [2.45, 2.75) is 19.4 Å². The van der Waals surface area contributed by atoms with Crippen LogP contribution in [0.1, 0.15) is 13.3 Å². The highest BCUT2D eigenvalue weighted by atomic mass is 16.5. The van der Waals surface area contributed by atoms with Gasteiger partial charge in [-0.3, -0.25) is 9.59 Å². The molecule has 1 rings (SSSR count). The minimum absolute atomic E-state index is 0.00574. The lowest BCUT2D eigenvalue weighted by Crippen LogP contribution is -2.38. The Labute approximate surface area is 70.6 Å². The van der Waals surface area contributed by atoms with E-state index in [0.29, 0.717) is 25.1 Å². The van der Waals surface area contributed by atoms with Gasteiger partial charge in [-0.05, 0) is 12.5 Å². The predicted molar refractivity (Wildman–Crippen MR) is 42.3 cm³/mol. The molecule has 1 N–H and O–H groups in total. The first-order valence-electron chi connectivity index (χ1n) is 3.77. The lowest BCUT2D eigenvalue weighted by molar-refractivity contribution is -0.120. The number of carbonyl (C=O) groups excluding carboxylic acids is 2. The minimum atomic E-state index is -0.0773. The summed E-state index contributed by atoms with van der Waals surface area (Å²) in [5.41, 5.74) is 0. The van der Waals surface area contributed by atoms with E-state index >= 15 is 0 Å². The Balaban J connectivity index is 2.40. The van der Waals surface area contributed by atoms with Crippen molar-refractivity contribution < 1.29 is 14.3 Å². The zero-order valence-electron chi connectivity index (χ0n) is 6.87. The Morgan fingerprint density at radius 3 is 3.00 bits per heavy atom. The molecule has 0 fully saturated rings. The van der Waals surface area contributed by atoms with Crippen molar-refractivity contribution in [1.29, 1.82) is 0 Å². The lowest BCUT2D eigenvalue weighted by atomic mass is 10.1. The summed E-state index contributed by atoms with van der Waals surface area (Å²) < 4.78 is 5.02. The van der Waals surface area contributed by atoms with Gasteiger partial charge in [0, 0.05) is 6.92 Å². The molecule has 1 heterocycles. The van der Waals surface area contributed by atoms with E-state index in [9.17, 15) is 9.59 Å². The first-order valence-corrected chi connectivity index (χ1v) is 3.77. The summed E-state index contributed by atoms with van der Waals surface area (Å²) in [5, 5.41) is 2.70. The first-order chi connectivity index (χ1) is 5.72. The van der Waals surface area contributed by atoms with Gasteiger partial charge in [0.1, 0.15) is 6.61 Å². The molecule has 0 saturated heterocycles. The highest BCUT2D eigenvalue weighted by Crippen LogP contribution is 2.08. The maximum Gasteiger partial charge on any atom is 0.217 e. The fourth-order valence-electron chi connectivity index (χ4n) is 1.05. The number of rotatable bonds is 2. The van der Waals surface area contributed by atoms with Crippen LogP contribution in [-0.4, -0.2) is 24.8 Å². The van der Waals surface area contributed by atoms with E-state index in [-0.39, 0.29) is 11.9 Å². The molecule has 0 bridgehead atoms. The van der Waals surface area contributed by atoms with E-state index in [2.05, 4.69) is 5.32 Å². The molecular weight excluding hydrogens is 158 g/mol. The summed E-state index contributed by atoms with van der Waals surface area (Å²) in [6.45, 7) is 1.84. The van der Waals surface area contributed by atoms with Crippen molar-refractivity contribution in [1.82, 2.24) is 5.32 Å². The van der Waals surface area contributed by atoms with Crippen molar-refractivity contribution in [3.05, 3.63) is 11.8 Å². The van der Waals surface area contributed by atoms with E-state index in [0.717, 1.165) is 0 Å². The summed E-state index contributed by atoms with van der Waals surface area (Å²) in [6.07, 6.45) is 3.01. The molecule has 4 nitrogen and oxygen atoms in total. The number of carbonyl (C=O) groups is 2. The summed E-state index contributed by atoms with van der Waals surface area (Å²) in [7, 11) is 0. The van der Waals surface area contributed by atoms with Crippen LogP contribution in [-0.2, 0) is 14.3 Å². The average molecular weight is 169 g/mol. The molecule has 0 saturated carbocycles. The quantitative estimate of drug-likeness (QED) is 0.592. The second-order valence-corrected chi connectivity index (χ2v) is 2.67. The third-order valence-electron chi connectivity index (χ3n) is 1.58. The van der Waals surface area contributed by atoms with Crippen molar-refractivity contribution in [2.24, 2.45) is 0 Å².